The van der Waals surface area contributed by atoms with Crippen LogP contribution in [0.1, 0.15) is 10.9 Å². The summed E-state index contributed by atoms with van der Waals surface area (Å²) in [6.45, 7) is 4.01. The van der Waals surface area contributed by atoms with E-state index in [1.165, 1.54) is 6.07 Å². The maximum atomic E-state index is 10.4. The first-order valence-corrected chi connectivity index (χ1v) is 4.98. The molecule has 6 heteroatoms. The molecule has 0 aromatic carbocycles. The smallest absolute Gasteiger partial charge is 0.294 e. The van der Waals surface area contributed by atoms with Crippen molar-refractivity contribution in [1.29, 1.82) is 5.26 Å². The fourth-order valence-corrected chi connectivity index (χ4v) is 1.85. The quantitative estimate of drug-likeness (QED) is 0.470. The van der Waals surface area contributed by atoms with Gasteiger partial charge in [0, 0.05) is 17.5 Å². The van der Waals surface area contributed by atoms with E-state index in [1.54, 1.807) is 12.1 Å². The number of hydrogen-bond donors (Lipinski definition) is 1. The molecule has 0 saturated heterocycles. The molecule has 0 aliphatic carbocycles. The first-order valence-electron chi connectivity index (χ1n) is 4.17. The Labute approximate surface area is 90.8 Å². The Hall–Kier alpha value is -1.71. The Balaban J connectivity index is 2.79. The van der Waals surface area contributed by atoms with Gasteiger partial charge in [-0.25, -0.2) is 0 Å². The Morgan fingerprint density at radius 2 is 2.53 bits per heavy atom. The minimum Gasteiger partial charge on any atom is -0.294 e. The molecule has 0 radical (unpaired) electrons. The number of rotatable bonds is 5. The minimum atomic E-state index is -0.512. The Kier molecular flexibility index (Phi) is 3.97. The fourth-order valence-electron chi connectivity index (χ4n) is 1.01. The Morgan fingerprint density at radius 3 is 3.00 bits per heavy atom. The van der Waals surface area contributed by atoms with E-state index < -0.39 is 11.0 Å². The third kappa shape index (κ3) is 2.87. The van der Waals surface area contributed by atoms with Crippen LogP contribution < -0.4 is 5.32 Å². The molecular weight excluding hydrogens is 214 g/mol. The molecule has 0 bridgehead atoms. The summed E-state index contributed by atoms with van der Waals surface area (Å²) in [6, 6.07) is 4.51. The lowest BCUT2D eigenvalue weighted by Crippen LogP contribution is -2.18. The monoisotopic (exact) mass is 223 g/mol. The average Bonchev–Trinajstić information content (AvgIpc) is 2.68. The van der Waals surface area contributed by atoms with Gasteiger partial charge in [-0.15, -0.1) is 6.58 Å². The minimum absolute atomic E-state index is 0.0469. The van der Waals surface area contributed by atoms with Gasteiger partial charge in [-0.05, 0) is 6.07 Å². The molecule has 5 nitrogen and oxygen atoms in total. The van der Waals surface area contributed by atoms with E-state index >= 15 is 0 Å². The van der Waals surface area contributed by atoms with E-state index in [4.69, 9.17) is 5.26 Å². The average molecular weight is 223 g/mol. The molecule has 1 rings (SSSR count). The van der Waals surface area contributed by atoms with Crippen molar-refractivity contribution in [3.8, 4) is 6.07 Å². The molecule has 1 atom stereocenters. The number of thiophene rings is 1. The molecule has 0 fully saturated rings. The highest BCUT2D eigenvalue weighted by molar-refractivity contribution is 7.15. The Morgan fingerprint density at radius 1 is 1.80 bits per heavy atom. The molecule has 1 aromatic heterocycles. The van der Waals surface area contributed by atoms with Crippen LogP contribution in [-0.4, -0.2) is 11.5 Å². The van der Waals surface area contributed by atoms with Gasteiger partial charge < -0.3 is 0 Å². The van der Waals surface area contributed by atoms with Crippen LogP contribution in [0.5, 0.6) is 0 Å². The topological polar surface area (TPSA) is 79.0 Å². The second kappa shape index (κ2) is 5.24. The molecule has 1 aromatic rings. The normalized spacial score (nSPS) is 11.7. The van der Waals surface area contributed by atoms with Crippen molar-refractivity contribution in [3.05, 3.63) is 39.8 Å². The highest BCUT2D eigenvalue weighted by atomic mass is 32.1. The highest BCUT2D eigenvalue weighted by Crippen LogP contribution is 2.28. The van der Waals surface area contributed by atoms with Gasteiger partial charge in [0.15, 0.2) is 0 Å². The van der Waals surface area contributed by atoms with Crippen LogP contribution >= 0.6 is 11.3 Å². The zero-order valence-electron chi connectivity index (χ0n) is 7.84. The molecule has 0 spiro atoms. The predicted octanol–water partition coefficient (Wildman–Crippen LogP) is 2.00. The maximum absolute atomic E-state index is 10.4. The zero-order valence-corrected chi connectivity index (χ0v) is 8.66. The van der Waals surface area contributed by atoms with Crippen molar-refractivity contribution in [2.75, 3.05) is 6.54 Å². The Bertz CT molecular complexity index is 408. The SMILES string of the molecule is C=CCNC(C#N)c1ccc([N+](=O)[O-])s1. The van der Waals surface area contributed by atoms with Crippen LogP contribution in [0.25, 0.3) is 0 Å². The van der Waals surface area contributed by atoms with Gasteiger partial charge in [-0.1, -0.05) is 17.4 Å². The van der Waals surface area contributed by atoms with Crippen molar-refractivity contribution in [3.63, 3.8) is 0 Å². The number of nitro groups is 1. The van der Waals surface area contributed by atoms with E-state index in [2.05, 4.69) is 11.9 Å². The van der Waals surface area contributed by atoms with Crippen LogP contribution in [0, 0.1) is 21.4 Å². The van der Waals surface area contributed by atoms with E-state index in [9.17, 15) is 10.1 Å². The molecule has 15 heavy (non-hydrogen) atoms. The van der Waals surface area contributed by atoms with Gasteiger partial charge >= 0.3 is 5.00 Å². The summed E-state index contributed by atoms with van der Waals surface area (Å²) in [6.07, 6.45) is 1.63. The molecule has 0 saturated carbocycles. The molecule has 1 heterocycles. The number of hydrogen-bond acceptors (Lipinski definition) is 5. The number of nitrogens with one attached hydrogen (secondary N) is 1. The standard InChI is InChI=1S/C9H9N3O2S/c1-2-5-11-7(6-10)8-3-4-9(15-8)12(13)14/h2-4,7,11H,1,5H2. The van der Waals surface area contributed by atoms with E-state index in [-0.39, 0.29) is 5.00 Å². The summed E-state index contributed by atoms with van der Waals surface area (Å²) in [5.41, 5.74) is 0. The summed E-state index contributed by atoms with van der Waals surface area (Å²) >= 11 is 1.01. The van der Waals surface area contributed by atoms with E-state index in [1.807, 2.05) is 6.07 Å². The molecule has 78 valence electrons. The predicted molar refractivity (Wildman–Crippen MR) is 57.5 cm³/mol. The molecule has 0 amide bonds. The van der Waals surface area contributed by atoms with Crippen LogP contribution in [-0.2, 0) is 0 Å². The number of nitriles is 1. The van der Waals surface area contributed by atoms with Crippen LogP contribution in [0.4, 0.5) is 5.00 Å². The van der Waals surface area contributed by atoms with Crippen LogP contribution in [0.2, 0.25) is 0 Å². The van der Waals surface area contributed by atoms with Crippen LogP contribution in [0.3, 0.4) is 0 Å². The lowest BCUT2D eigenvalue weighted by atomic mass is 10.2. The van der Waals surface area contributed by atoms with Crippen molar-refractivity contribution >= 4 is 16.3 Å². The largest absolute Gasteiger partial charge is 0.324 e. The summed E-state index contributed by atoms with van der Waals surface area (Å²) in [7, 11) is 0. The maximum Gasteiger partial charge on any atom is 0.324 e. The van der Waals surface area contributed by atoms with Gasteiger partial charge in [0.2, 0.25) is 0 Å². The third-order valence-corrected chi connectivity index (χ3v) is 2.77. The fraction of sp³-hybridized carbons (Fsp3) is 0.222. The third-order valence-electron chi connectivity index (χ3n) is 1.67. The van der Waals surface area contributed by atoms with E-state index in [0.29, 0.717) is 11.4 Å². The van der Waals surface area contributed by atoms with Crippen molar-refractivity contribution in [2.24, 2.45) is 0 Å². The lowest BCUT2D eigenvalue weighted by Gasteiger charge is -2.05. The summed E-state index contributed by atoms with van der Waals surface area (Å²) in [5, 5.41) is 22.2. The molecule has 1 N–H and O–H groups in total. The second-order valence-corrected chi connectivity index (χ2v) is 3.79. The summed E-state index contributed by atoms with van der Waals surface area (Å²) in [5.74, 6) is 0. The van der Waals surface area contributed by atoms with Crippen molar-refractivity contribution in [2.45, 2.75) is 6.04 Å². The van der Waals surface area contributed by atoms with Gasteiger partial charge in [0.05, 0.1) is 11.0 Å². The number of nitrogens with zero attached hydrogens (tertiary/aromatic N) is 2. The van der Waals surface area contributed by atoms with Gasteiger partial charge in [-0.3, -0.25) is 15.4 Å². The first kappa shape index (κ1) is 11.4. The van der Waals surface area contributed by atoms with Crippen molar-refractivity contribution in [1.82, 2.24) is 5.32 Å². The molecule has 0 aliphatic rings. The zero-order chi connectivity index (χ0) is 11.3. The van der Waals surface area contributed by atoms with Gasteiger partial charge in [-0.2, -0.15) is 5.26 Å². The summed E-state index contributed by atoms with van der Waals surface area (Å²) < 4.78 is 0. The molecule has 1 unspecified atom stereocenters. The van der Waals surface area contributed by atoms with Crippen LogP contribution in [0.15, 0.2) is 24.8 Å². The van der Waals surface area contributed by atoms with Gasteiger partial charge in [0.1, 0.15) is 6.04 Å². The van der Waals surface area contributed by atoms with E-state index in [0.717, 1.165) is 11.3 Å². The molecule has 0 aliphatic heterocycles. The van der Waals surface area contributed by atoms with Gasteiger partial charge in [0.25, 0.3) is 0 Å². The first-order chi connectivity index (χ1) is 7.19. The highest BCUT2D eigenvalue weighted by Gasteiger charge is 2.16. The molecular formula is C9H9N3O2S. The summed E-state index contributed by atoms with van der Waals surface area (Å²) in [4.78, 5) is 10.6. The second-order valence-electron chi connectivity index (χ2n) is 2.69. The van der Waals surface area contributed by atoms with Crippen molar-refractivity contribution < 1.29 is 4.92 Å². The lowest BCUT2D eigenvalue weighted by molar-refractivity contribution is -0.380.